The first-order chi connectivity index (χ1) is 11.8. The first-order valence-corrected chi connectivity index (χ1v) is 8.16. The summed E-state index contributed by atoms with van der Waals surface area (Å²) in [6.45, 7) is 3.91. The molecule has 0 atom stereocenters. The lowest BCUT2D eigenvalue weighted by Gasteiger charge is -2.32. The predicted octanol–water partition coefficient (Wildman–Crippen LogP) is 2.28. The number of aryl methyl sites for hydroxylation is 1. The molecule has 7 nitrogen and oxygen atoms in total. The highest BCUT2D eigenvalue weighted by molar-refractivity contribution is 5.56. The number of rotatable bonds is 3. The SMILES string of the molecule is Cc1cc(N2CCC(n3ccnn3)CC2)nc(-c2cccnc2)n1. The first-order valence-electron chi connectivity index (χ1n) is 8.16. The third-order valence-corrected chi connectivity index (χ3v) is 4.36. The predicted molar refractivity (Wildman–Crippen MR) is 90.5 cm³/mol. The van der Waals surface area contributed by atoms with Crippen molar-refractivity contribution in [3.8, 4) is 11.4 Å². The third kappa shape index (κ3) is 2.97. The minimum absolute atomic E-state index is 0.421. The highest BCUT2D eigenvalue weighted by Gasteiger charge is 2.22. The van der Waals surface area contributed by atoms with E-state index in [0.29, 0.717) is 6.04 Å². The molecule has 0 aromatic carbocycles. The molecule has 0 aliphatic carbocycles. The number of hydrogen-bond acceptors (Lipinski definition) is 6. The standard InChI is InChI=1S/C17H19N7/c1-13-11-16(21-17(20-13)14-3-2-6-18-12-14)23-8-4-15(5-9-23)24-10-7-19-22-24/h2-3,6-7,10-12,15H,4-5,8-9H2,1H3. The van der Waals surface area contributed by atoms with Crippen molar-refractivity contribution < 1.29 is 0 Å². The van der Waals surface area contributed by atoms with Crippen molar-refractivity contribution in [3.63, 3.8) is 0 Å². The molecule has 0 amide bonds. The van der Waals surface area contributed by atoms with Crippen LogP contribution in [0.5, 0.6) is 0 Å². The van der Waals surface area contributed by atoms with Gasteiger partial charge < -0.3 is 4.90 Å². The van der Waals surface area contributed by atoms with Gasteiger partial charge in [-0.25, -0.2) is 14.6 Å². The zero-order chi connectivity index (χ0) is 16.4. The van der Waals surface area contributed by atoms with Crippen molar-refractivity contribution >= 4 is 5.82 Å². The van der Waals surface area contributed by atoms with Crippen LogP contribution in [0.25, 0.3) is 11.4 Å². The topological polar surface area (TPSA) is 72.6 Å². The van der Waals surface area contributed by atoms with Crippen LogP contribution >= 0.6 is 0 Å². The summed E-state index contributed by atoms with van der Waals surface area (Å²) in [4.78, 5) is 15.8. The van der Waals surface area contributed by atoms with Gasteiger partial charge in [0.1, 0.15) is 5.82 Å². The van der Waals surface area contributed by atoms with Gasteiger partial charge >= 0.3 is 0 Å². The molecule has 24 heavy (non-hydrogen) atoms. The lowest BCUT2D eigenvalue weighted by molar-refractivity contribution is 0.359. The Balaban J connectivity index is 1.54. The van der Waals surface area contributed by atoms with E-state index < -0.39 is 0 Å². The van der Waals surface area contributed by atoms with Gasteiger partial charge in [0, 0.05) is 49.0 Å². The van der Waals surface area contributed by atoms with Crippen LogP contribution in [0.15, 0.2) is 43.0 Å². The fourth-order valence-electron chi connectivity index (χ4n) is 3.11. The molecule has 3 aromatic rings. The third-order valence-electron chi connectivity index (χ3n) is 4.36. The molecule has 3 aromatic heterocycles. The number of piperidine rings is 1. The average Bonchev–Trinajstić information content (AvgIpc) is 3.17. The van der Waals surface area contributed by atoms with Crippen LogP contribution < -0.4 is 4.90 Å². The molecule has 0 N–H and O–H groups in total. The van der Waals surface area contributed by atoms with Crippen LogP contribution in [0.1, 0.15) is 24.6 Å². The second-order valence-electron chi connectivity index (χ2n) is 6.03. The maximum absolute atomic E-state index is 4.76. The van der Waals surface area contributed by atoms with Gasteiger partial charge in [-0.15, -0.1) is 5.10 Å². The minimum Gasteiger partial charge on any atom is -0.356 e. The lowest BCUT2D eigenvalue weighted by Crippen LogP contribution is -2.35. The van der Waals surface area contributed by atoms with Crippen LogP contribution in [-0.4, -0.2) is 43.0 Å². The molecule has 4 rings (SSSR count). The molecule has 0 spiro atoms. The van der Waals surface area contributed by atoms with E-state index in [-0.39, 0.29) is 0 Å². The number of aromatic nitrogens is 6. The van der Waals surface area contributed by atoms with Crippen molar-refractivity contribution in [1.29, 1.82) is 0 Å². The van der Waals surface area contributed by atoms with Crippen LogP contribution in [0.3, 0.4) is 0 Å². The Hall–Kier alpha value is -2.83. The second-order valence-corrected chi connectivity index (χ2v) is 6.03. The summed E-state index contributed by atoms with van der Waals surface area (Å²) in [7, 11) is 0. The van der Waals surface area contributed by atoms with E-state index in [9.17, 15) is 0 Å². The Morgan fingerprint density at radius 2 is 2.00 bits per heavy atom. The normalized spacial score (nSPS) is 15.6. The largest absolute Gasteiger partial charge is 0.356 e. The van der Waals surface area contributed by atoms with Crippen molar-refractivity contribution in [1.82, 2.24) is 29.9 Å². The molecule has 4 heterocycles. The van der Waals surface area contributed by atoms with E-state index in [0.717, 1.165) is 48.8 Å². The Labute approximate surface area is 140 Å². The maximum Gasteiger partial charge on any atom is 0.163 e. The summed E-state index contributed by atoms with van der Waals surface area (Å²) in [6, 6.07) is 6.37. The van der Waals surface area contributed by atoms with E-state index in [1.54, 1.807) is 18.6 Å². The first kappa shape index (κ1) is 14.7. The van der Waals surface area contributed by atoms with Gasteiger partial charge in [0.05, 0.1) is 12.2 Å². The molecule has 1 aliphatic heterocycles. The molecule has 1 saturated heterocycles. The van der Waals surface area contributed by atoms with E-state index in [4.69, 9.17) is 4.98 Å². The molecular weight excluding hydrogens is 302 g/mol. The van der Waals surface area contributed by atoms with E-state index in [2.05, 4.69) is 31.2 Å². The van der Waals surface area contributed by atoms with Gasteiger partial charge in [0.25, 0.3) is 0 Å². The zero-order valence-corrected chi connectivity index (χ0v) is 13.6. The van der Waals surface area contributed by atoms with Crippen molar-refractivity contribution in [2.45, 2.75) is 25.8 Å². The smallest absolute Gasteiger partial charge is 0.163 e. The fraction of sp³-hybridized carbons (Fsp3) is 0.353. The van der Waals surface area contributed by atoms with Gasteiger partial charge in [-0.2, -0.15) is 0 Å². The monoisotopic (exact) mass is 321 g/mol. The average molecular weight is 321 g/mol. The number of pyridine rings is 1. The molecule has 0 radical (unpaired) electrons. The van der Waals surface area contributed by atoms with Crippen LogP contribution in [0, 0.1) is 6.92 Å². The Morgan fingerprint density at radius 3 is 2.71 bits per heavy atom. The molecule has 7 heteroatoms. The van der Waals surface area contributed by atoms with Gasteiger partial charge in [-0.3, -0.25) is 4.98 Å². The molecule has 0 bridgehead atoms. The number of anilines is 1. The molecule has 0 unspecified atom stereocenters. The highest BCUT2D eigenvalue weighted by Crippen LogP contribution is 2.26. The summed E-state index contributed by atoms with van der Waals surface area (Å²) >= 11 is 0. The van der Waals surface area contributed by atoms with Gasteiger partial charge in [-0.1, -0.05) is 5.21 Å². The highest BCUT2D eigenvalue weighted by atomic mass is 15.4. The van der Waals surface area contributed by atoms with Crippen LogP contribution in [0.4, 0.5) is 5.82 Å². The molecule has 1 aliphatic rings. The molecule has 122 valence electrons. The molecule has 0 saturated carbocycles. The molecule has 1 fully saturated rings. The zero-order valence-electron chi connectivity index (χ0n) is 13.6. The summed E-state index contributed by atoms with van der Waals surface area (Å²) in [5.41, 5.74) is 1.91. The quantitative estimate of drug-likeness (QED) is 0.737. The molecular formula is C17H19N7. The Bertz CT molecular complexity index is 793. The Morgan fingerprint density at radius 1 is 1.12 bits per heavy atom. The van der Waals surface area contributed by atoms with E-state index in [1.165, 1.54) is 0 Å². The summed E-state index contributed by atoms with van der Waals surface area (Å²) in [6.07, 6.45) is 9.31. The minimum atomic E-state index is 0.421. The van der Waals surface area contributed by atoms with Gasteiger partial charge in [-0.05, 0) is 31.9 Å². The van der Waals surface area contributed by atoms with Crippen molar-refractivity contribution in [2.24, 2.45) is 0 Å². The lowest BCUT2D eigenvalue weighted by atomic mass is 10.1. The summed E-state index contributed by atoms with van der Waals surface area (Å²) < 4.78 is 1.96. The van der Waals surface area contributed by atoms with E-state index in [1.807, 2.05) is 29.9 Å². The van der Waals surface area contributed by atoms with Crippen molar-refractivity contribution in [3.05, 3.63) is 48.7 Å². The van der Waals surface area contributed by atoms with Gasteiger partial charge in [0.2, 0.25) is 0 Å². The summed E-state index contributed by atoms with van der Waals surface area (Å²) in [5.74, 6) is 1.72. The van der Waals surface area contributed by atoms with Crippen molar-refractivity contribution in [2.75, 3.05) is 18.0 Å². The second kappa shape index (κ2) is 6.35. The number of nitrogens with zero attached hydrogens (tertiary/aromatic N) is 7. The van der Waals surface area contributed by atoms with Gasteiger partial charge in [0.15, 0.2) is 5.82 Å². The number of hydrogen-bond donors (Lipinski definition) is 0. The van der Waals surface area contributed by atoms with Crippen LogP contribution in [-0.2, 0) is 0 Å². The maximum atomic E-state index is 4.76. The summed E-state index contributed by atoms with van der Waals surface area (Å²) in [5, 5.41) is 8.03. The van der Waals surface area contributed by atoms with Crippen LogP contribution in [0.2, 0.25) is 0 Å². The fourth-order valence-corrected chi connectivity index (χ4v) is 3.11. The Kier molecular flexibility index (Phi) is 3.90. The van der Waals surface area contributed by atoms with E-state index >= 15 is 0 Å².